The van der Waals surface area contributed by atoms with Crippen molar-refractivity contribution in [1.29, 1.82) is 0 Å². The Morgan fingerprint density at radius 1 is 1.41 bits per heavy atom. The van der Waals surface area contributed by atoms with Crippen LogP contribution >= 0.6 is 0 Å². The summed E-state index contributed by atoms with van der Waals surface area (Å²) in [5.74, 6) is 2.55. The van der Waals surface area contributed by atoms with Gasteiger partial charge in [-0.25, -0.2) is 4.98 Å². The highest BCUT2D eigenvalue weighted by atomic mass is 16.5. The van der Waals surface area contributed by atoms with Gasteiger partial charge in [0.15, 0.2) is 0 Å². The van der Waals surface area contributed by atoms with Crippen molar-refractivity contribution >= 4 is 0 Å². The lowest BCUT2D eigenvalue weighted by molar-refractivity contribution is 0.145. The summed E-state index contributed by atoms with van der Waals surface area (Å²) in [6.07, 6.45) is 4.51. The second-order valence-corrected chi connectivity index (χ2v) is 5.29. The number of hydrogen-bond donors (Lipinski definition) is 1. The number of nitrogens with one attached hydrogen (secondary N) is 1. The van der Waals surface area contributed by atoms with Crippen LogP contribution < -0.4 is 0 Å². The van der Waals surface area contributed by atoms with Gasteiger partial charge in [-0.15, -0.1) is 0 Å². The Bertz CT molecular complexity index is 359. The summed E-state index contributed by atoms with van der Waals surface area (Å²) in [6, 6.07) is 0. The van der Waals surface area contributed by atoms with Crippen LogP contribution in [0.15, 0.2) is 0 Å². The standard InChI is InChI=1S/C14H24N2O/c1-4-17-7-5-6-13-15-12-9-10(2)8-11(3)14(12)16-13/h10-11H,4-9H2,1-3H3,(H,15,16). The van der Waals surface area contributed by atoms with Crippen LogP contribution in [0.1, 0.15) is 56.7 Å². The van der Waals surface area contributed by atoms with Crippen molar-refractivity contribution < 1.29 is 4.74 Å². The summed E-state index contributed by atoms with van der Waals surface area (Å²) < 4.78 is 5.35. The molecule has 0 amide bonds. The molecular formula is C14H24N2O. The van der Waals surface area contributed by atoms with Gasteiger partial charge in [-0.3, -0.25) is 0 Å². The van der Waals surface area contributed by atoms with Crippen molar-refractivity contribution in [2.24, 2.45) is 5.92 Å². The lowest BCUT2D eigenvalue weighted by Crippen LogP contribution is -2.14. The molecule has 2 unspecified atom stereocenters. The van der Waals surface area contributed by atoms with Gasteiger partial charge in [0.2, 0.25) is 0 Å². The highest BCUT2D eigenvalue weighted by Crippen LogP contribution is 2.32. The summed E-state index contributed by atoms with van der Waals surface area (Å²) in [4.78, 5) is 8.26. The van der Waals surface area contributed by atoms with Gasteiger partial charge in [-0.2, -0.15) is 0 Å². The monoisotopic (exact) mass is 236 g/mol. The predicted octanol–water partition coefficient (Wildman–Crippen LogP) is 3.06. The number of aromatic nitrogens is 2. The van der Waals surface area contributed by atoms with Crippen LogP contribution in [-0.2, 0) is 17.6 Å². The molecule has 1 heterocycles. The number of nitrogens with zero attached hydrogens (tertiary/aromatic N) is 1. The van der Waals surface area contributed by atoms with E-state index in [2.05, 4.69) is 18.8 Å². The smallest absolute Gasteiger partial charge is 0.106 e. The molecule has 0 bridgehead atoms. The first kappa shape index (κ1) is 12.6. The molecular weight excluding hydrogens is 212 g/mol. The third-order valence-corrected chi connectivity index (χ3v) is 3.54. The van der Waals surface area contributed by atoms with Crippen LogP contribution in [0.25, 0.3) is 0 Å². The molecule has 0 aromatic carbocycles. The van der Waals surface area contributed by atoms with Crippen molar-refractivity contribution in [3.05, 3.63) is 17.2 Å². The van der Waals surface area contributed by atoms with Crippen LogP contribution in [0.3, 0.4) is 0 Å². The molecule has 0 aliphatic heterocycles. The van der Waals surface area contributed by atoms with Crippen molar-refractivity contribution in [3.8, 4) is 0 Å². The van der Waals surface area contributed by atoms with Crippen molar-refractivity contribution in [2.45, 2.75) is 52.4 Å². The average Bonchev–Trinajstić information content (AvgIpc) is 2.67. The Morgan fingerprint density at radius 3 is 3.00 bits per heavy atom. The maximum absolute atomic E-state index is 5.35. The number of hydrogen-bond acceptors (Lipinski definition) is 2. The van der Waals surface area contributed by atoms with Crippen LogP contribution in [0.5, 0.6) is 0 Å². The zero-order valence-corrected chi connectivity index (χ0v) is 11.3. The van der Waals surface area contributed by atoms with Crippen LogP contribution in [0, 0.1) is 5.92 Å². The largest absolute Gasteiger partial charge is 0.382 e. The molecule has 1 aromatic rings. The Hall–Kier alpha value is -0.830. The van der Waals surface area contributed by atoms with Gasteiger partial charge in [0.1, 0.15) is 5.82 Å². The normalized spacial score (nSPS) is 23.7. The van der Waals surface area contributed by atoms with E-state index < -0.39 is 0 Å². The van der Waals surface area contributed by atoms with Gasteiger partial charge < -0.3 is 9.72 Å². The maximum atomic E-state index is 5.35. The fraction of sp³-hybridized carbons (Fsp3) is 0.786. The number of rotatable bonds is 5. The molecule has 2 rings (SSSR count). The van der Waals surface area contributed by atoms with Gasteiger partial charge >= 0.3 is 0 Å². The van der Waals surface area contributed by atoms with Gasteiger partial charge in [-0.1, -0.05) is 13.8 Å². The van der Waals surface area contributed by atoms with E-state index in [1.807, 2.05) is 6.92 Å². The molecule has 96 valence electrons. The topological polar surface area (TPSA) is 37.9 Å². The number of ether oxygens (including phenoxy) is 1. The molecule has 0 spiro atoms. The Balaban J connectivity index is 1.95. The van der Waals surface area contributed by atoms with E-state index >= 15 is 0 Å². The molecule has 3 nitrogen and oxygen atoms in total. The fourth-order valence-corrected chi connectivity index (χ4v) is 2.79. The molecule has 0 saturated heterocycles. The third kappa shape index (κ3) is 3.09. The second-order valence-electron chi connectivity index (χ2n) is 5.29. The van der Waals surface area contributed by atoms with Crippen molar-refractivity contribution in [2.75, 3.05) is 13.2 Å². The SMILES string of the molecule is CCOCCCc1nc2c([nH]1)CC(C)CC2C. The fourth-order valence-electron chi connectivity index (χ4n) is 2.79. The Labute approximate surface area is 104 Å². The van der Waals surface area contributed by atoms with E-state index in [0.717, 1.165) is 44.2 Å². The van der Waals surface area contributed by atoms with E-state index in [-0.39, 0.29) is 0 Å². The van der Waals surface area contributed by atoms with Gasteiger partial charge in [-0.05, 0) is 32.1 Å². The Morgan fingerprint density at radius 2 is 2.24 bits per heavy atom. The van der Waals surface area contributed by atoms with Crippen molar-refractivity contribution in [1.82, 2.24) is 9.97 Å². The minimum atomic E-state index is 0.616. The third-order valence-electron chi connectivity index (χ3n) is 3.54. The van der Waals surface area contributed by atoms with Gasteiger partial charge in [0.05, 0.1) is 5.69 Å². The zero-order chi connectivity index (χ0) is 12.3. The highest BCUT2D eigenvalue weighted by Gasteiger charge is 2.24. The minimum Gasteiger partial charge on any atom is -0.382 e. The minimum absolute atomic E-state index is 0.616. The average molecular weight is 236 g/mol. The number of H-pyrrole nitrogens is 1. The molecule has 1 aromatic heterocycles. The van der Waals surface area contributed by atoms with E-state index in [1.54, 1.807) is 0 Å². The summed E-state index contributed by atoms with van der Waals surface area (Å²) in [5, 5.41) is 0. The van der Waals surface area contributed by atoms with Crippen LogP contribution in [0.2, 0.25) is 0 Å². The second kappa shape index (κ2) is 5.67. The number of aryl methyl sites for hydroxylation is 1. The molecule has 0 fully saturated rings. The summed E-state index contributed by atoms with van der Waals surface area (Å²) in [7, 11) is 0. The Kier molecular flexibility index (Phi) is 4.21. The highest BCUT2D eigenvalue weighted by molar-refractivity contribution is 5.22. The van der Waals surface area contributed by atoms with E-state index in [1.165, 1.54) is 17.8 Å². The number of fused-ring (bicyclic) bond motifs is 1. The first-order chi connectivity index (χ1) is 8.20. The first-order valence-electron chi connectivity index (χ1n) is 6.86. The van der Waals surface area contributed by atoms with Crippen LogP contribution in [-0.4, -0.2) is 23.2 Å². The maximum Gasteiger partial charge on any atom is 0.106 e. The lowest BCUT2D eigenvalue weighted by Gasteiger charge is -2.22. The molecule has 1 N–H and O–H groups in total. The molecule has 3 heteroatoms. The van der Waals surface area contributed by atoms with Crippen molar-refractivity contribution in [3.63, 3.8) is 0 Å². The van der Waals surface area contributed by atoms with E-state index in [9.17, 15) is 0 Å². The predicted molar refractivity (Wildman–Crippen MR) is 69.3 cm³/mol. The molecule has 0 saturated carbocycles. The lowest BCUT2D eigenvalue weighted by atomic mass is 9.84. The molecule has 17 heavy (non-hydrogen) atoms. The van der Waals surface area contributed by atoms with Gasteiger partial charge in [0.25, 0.3) is 0 Å². The number of aromatic amines is 1. The van der Waals surface area contributed by atoms with Gasteiger partial charge in [0, 0.05) is 31.2 Å². The summed E-state index contributed by atoms with van der Waals surface area (Å²) >= 11 is 0. The quantitative estimate of drug-likeness (QED) is 0.798. The van der Waals surface area contributed by atoms with E-state index in [4.69, 9.17) is 9.72 Å². The molecule has 2 atom stereocenters. The van der Waals surface area contributed by atoms with Crippen LogP contribution in [0.4, 0.5) is 0 Å². The number of imidazole rings is 1. The summed E-state index contributed by atoms with van der Waals surface area (Å²) in [6.45, 7) is 8.31. The van der Waals surface area contributed by atoms with E-state index in [0.29, 0.717) is 5.92 Å². The first-order valence-corrected chi connectivity index (χ1v) is 6.86. The summed E-state index contributed by atoms with van der Waals surface area (Å²) in [5.41, 5.74) is 2.69. The molecule has 0 radical (unpaired) electrons. The molecule has 1 aliphatic carbocycles. The molecule has 1 aliphatic rings. The zero-order valence-electron chi connectivity index (χ0n) is 11.3.